The maximum absolute atomic E-state index is 11.6. The van der Waals surface area contributed by atoms with Crippen LogP contribution >= 0.6 is 0 Å². The average molecular weight is 258 g/mol. The number of rotatable bonds is 3. The molecule has 0 aromatic heterocycles. The van der Waals surface area contributed by atoms with Crippen molar-refractivity contribution in [2.45, 2.75) is 57.1 Å². The largest absolute Gasteiger partial charge is 0.598 e. The van der Waals surface area contributed by atoms with Crippen LogP contribution in [0, 0.1) is 11.3 Å². The van der Waals surface area contributed by atoms with Gasteiger partial charge < -0.3 is 9.87 Å². The molecule has 1 heterocycles. The minimum absolute atomic E-state index is 0.229. The third-order valence-corrected chi connectivity index (χ3v) is 6.23. The SMILES string of the molecule is CC(C)(C[C@H]1CCCC12CCNCC2)[S+](N)[O-]. The molecule has 2 rings (SSSR count). The van der Waals surface area contributed by atoms with Gasteiger partial charge in [0.2, 0.25) is 0 Å². The van der Waals surface area contributed by atoms with Gasteiger partial charge in [0.15, 0.2) is 0 Å². The minimum Gasteiger partial charge on any atom is -0.598 e. The molecule has 0 bridgehead atoms. The third kappa shape index (κ3) is 2.80. The summed E-state index contributed by atoms with van der Waals surface area (Å²) in [5.41, 5.74) is 0.530. The molecule has 0 aromatic carbocycles. The van der Waals surface area contributed by atoms with Gasteiger partial charge in [0.05, 0.1) is 0 Å². The second-order valence-corrected chi connectivity index (χ2v) is 8.16. The molecule has 3 nitrogen and oxygen atoms in total. The van der Waals surface area contributed by atoms with Gasteiger partial charge in [0.1, 0.15) is 4.75 Å². The van der Waals surface area contributed by atoms with Gasteiger partial charge in [-0.15, -0.1) is 0 Å². The average Bonchev–Trinajstić information content (AvgIpc) is 2.62. The summed E-state index contributed by atoms with van der Waals surface area (Å²) >= 11 is -1.21. The highest BCUT2D eigenvalue weighted by Gasteiger charge is 2.47. The lowest BCUT2D eigenvalue weighted by atomic mass is 9.68. The summed E-state index contributed by atoms with van der Waals surface area (Å²) in [6, 6.07) is 0. The molecule has 3 N–H and O–H groups in total. The maximum Gasteiger partial charge on any atom is 0.139 e. The predicted octanol–water partition coefficient (Wildman–Crippen LogP) is 1.95. The van der Waals surface area contributed by atoms with Crippen molar-refractivity contribution >= 4 is 11.4 Å². The molecule has 1 saturated heterocycles. The van der Waals surface area contributed by atoms with Crippen molar-refractivity contribution in [3.05, 3.63) is 0 Å². The molecule has 1 spiro atoms. The van der Waals surface area contributed by atoms with Gasteiger partial charge in [-0.3, -0.25) is 0 Å². The number of nitrogens with one attached hydrogen (secondary N) is 1. The summed E-state index contributed by atoms with van der Waals surface area (Å²) < 4.78 is 11.4. The standard InChI is InChI=1S/C13H26N2OS/c1-12(2,17(14)16)10-11-4-3-5-13(11)6-8-15-9-7-13/h11,15H,3-10,14H2,1-2H3/t11-,17?/m1/s1. The fraction of sp³-hybridized carbons (Fsp3) is 1.00. The molecule has 1 unspecified atom stereocenters. The maximum atomic E-state index is 11.6. The predicted molar refractivity (Wildman–Crippen MR) is 72.9 cm³/mol. The Morgan fingerprint density at radius 3 is 2.59 bits per heavy atom. The van der Waals surface area contributed by atoms with Crippen molar-refractivity contribution < 1.29 is 4.55 Å². The Morgan fingerprint density at radius 2 is 2.00 bits per heavy atom. The molecular weight excluding hydrogens is 232 g/mol. The van der Waals surface area contributed by atoms with Crippen LogP contribution in [0.5, 0.6) is 0 Å². The molecule has 100 valence electrons. The summed E-state index contributed by atoms with van der Waals surface area (Å²) in [6.07, 6.45) is 7.64. The zero-order valence-corrected chi connectivity index (χ0v) is 11.9. The molecule has 1 aliphatic heterocycles. The second-order valence-electron chi connectivity index (χ2n) is 6.46. The van der Waals surface area contributed by atoms with E-state index in [0.717, 1.165) is 25.4 Å². The molecule has 1 aliphatic carbocycles. The van der Waals surface area contributed by atoms with E-state index in [-0.39, 0.29) is 4.75 Å². The first-order chi connectivity index (χ1) is 7.96. The van der Waals surface area contributed by atoms with Crippen molar-refractivity contribution in [3.63, 3.8) is 0 Å². The first kappa shape index (κ1) is 13.7. The third-order valence-electron chi connectivity index (χ3n) is 4.98. The Labute approximate surface area is 108 Å². The van der Waals surface area contributed by atoms with Gasteiger partial charge in [0.25, 0.3) is 0 Å². The smallest absolute Gasteiger partial charge is 0.139 e. The van der Waals surface area contributed by atoms with Gasteiger partial charge in [-0.1, -0.05) is 6.42 Å². The van der Waals surface area contributed by atoms with Crippen LogP contribution in [0.2, 0.25) is 0 Å². The summed E-state index contributed by atoms with van der Waals surface area (Å²) in [7, 11) is 0. The van der Waals surface area contributed by atoms with Crippen LogP contribution < -0.4 is 10.5 Å². The van der Waals surface area contributed by atoms with E-state index in [1.54, 1.807) is 0 Å². The van der Waals surface area contributed by atoms with E-state index in [9.17, 15) is 4.55 Å². The van der Waals surface area contributed by atoms with Crippen LogP contribution in [-0.4, -0.2) is 22.4 Å². The van der Waals surface area contributed by atoms with E-state index in [1.165, 1.54) is 32.1 Å². The van der Waals surface area contributed by atoms with E-state index >= 15 is 0 Å². The highest BCUT2D eigenvalue weighted by Crippen LogP contribution is 2.52. The molecule has 0 radical (unpaired) electrons. The second kappa shape index (κ2) is 5.08. The Hall–Kier alpha value is 0.230. The molecule has 2 fully saturated rings. The Kier molecular flexibility index (Phi) is 4.08. The lowest BCUT2D eigenvalue weighted by molar-refractivity contribution is 0.123. The van der Waals surface area contributed by atoms with E-state index in [2.05, 4.69) is 19.2 Å². The van der Waals surface area contributed by atoms with Crippen molar-refractivity contribution in [2.24, 2.45) is 16.5 Å². The van der Waals surface area contributed by atoms with Gasteiger partial charge >= 0.3 is 0 Å². The zero-order chi connectivity index (χ0) is 12.5. The molecule has 2 aliphatic rings. The monoisotopic (exact) mass is 258 g/mol. The van der Waals surface area contributed by atoms with Crippen LogP contribution in [0.3, 0.4) is 0 Å². The van der Waals surface area contributed by atoms with Gasteiger partial charge in [0, 0.05) is 17.8 Å². The van der Waals surface area contributed by atoms with Crippen LogP contribution in [-0.2, 0) is 11.4 Å². The summed E-state index contributed by atoms with van der Waals surface area (Å²) in [4.78, 5) is 0. The van der Waals surface area contributed by atoms with E-state index in [4.69, 9.17) is 5.14 Å². The molecule has 2 atom stereocenters. The van der Waals surface area contributed by atoms with Gasteiger partial charge in [-0.25, -0.2) is 0 Å². The van der Waals surface area contributed by atoms with Crippen molar-refractivity contribution in [1.82, 2.24) is 5.32 Å². The molecule has 1 saturated carbocycles. The lowest BCUT2D eigenvalue weighted by Crippen LogP contribution is -2.44. The van der Waals surface area contributed by atoms with E-state index in [1.807, 2.05) is 0 Å². The summed E-state index contributed by atoms with van der Waals surface area (Å²) in [6.45, 7) is 6.41. The summed E-state index contributed by atoms with van der Waals surface area (Å²) in [5, 5.41) is 9.08. The van der Waals surface area contributed by atoms with Gasteiger partial charge in [-0.05, 0) is 64.0 Å². The Bertz CT molecular complexity index is 262. The number of hydrogen-bond donors (Lipinski definition) is 2. The first-order valence-electron chi connectivity index (χ1n) is 6.83. The topological polar surface area (TPSA) is 61.1 Å². The van der Waals surface area contributed by atoms with Crippen LogP contribution in [0.15, 0.2) is 0 Å². The van der Waals surface area contributed by atoms with E-state index in [0.29, 0.717) is 5.41 Å². The summed E-state index contributed by atoms with van der Waals surface area (Å²) in [5.74, 6) is 0.729. The highest BCUT2D eigenvalue weighted by molar-refractivity contribution is 7.90. The normalized spacial score (nSPS) is 30.7. The highest BCUT2D eigenvalue weighted by atomic mass is 32.2. The van der Waals surface area contributed by atoms with Crippen molar-refractivity contribution in [2.75, 3.05) is 13.1 Å². The van der Waals surface area contributed by atoms with Crippen molar-refractivity contribution in [1.29, 1.82) is 0 Å². The fourth-order valence-electron chi connectivity index (χ4n) is 3.79. The van der Waals surface area contributed by atoms with Crippen LogP contribution in [0.1, 0.15) is 52.4 Å². The Morgan fingerprint density at radius 1 is 1.35 bits per heavy atom. The molecule has 17 heavy (non-hydrogen) atoms. The molecule has 0 amide bonds. The van der Waals surface area contributed by atoms with Crippen LogP contribution in [0.4, 0.5) is 0 Å². The minimum atomic E-state index is -1.21. The zero-order valence-electron chi connectivity index (χ0n) is 11.1. The van der Waals surface area contributed by atoms with Crippen LogP contribution in [0.25, 0.3) is 0 Å². The molecule has 0 aromatic rings. The molecular formula is C13H26N2OS. The number of nitrogens with two attached hydrogens (primary N) is 1. The quantitative estimate of drug-likeness (QED) is 0.761. The molecule has 4 heteroatoms. The number of hydrogen-bond acceptors (Lipinski definition) is 3. The van der Waals surface area contributed by atoms with Gasteiger partial charge in [-0.2, -0.15) is 5.14 Å². The lowest BCUT2D eigenvalue weighted by Gasteiger charge is -2.41. The number of piperidine rings is 1. The van der Waals surface area contributed by atoms with Crippen molar-refractivity contribution in [3.8, 4) is 0 Å². The fourth-order valence-corrected chi connectivity index (χ4v) is 4.15. The Balaban J connectivity index is 2.04. The first-order valence-corrected chi connectivity index (χ1v) is 8.05. The van der Waals surface area contributed by atoms with E-state index < -0.39 is 11.4 Å².